The van der Waals surface area contributed by atoms with Gasteiger partial charge in [-0.25, -0.2) is 0 Å². The minimum atomic E-state index is -0.624. The summed E-state index contributed by atoms with van der Waals surface area (Å²) in [5.41, 5.74) is -0.624. The number of aliphatic hydroxyl groups is 1. The second-order valence-corrected chi connectivity index (χ2v) is 6.07. The molecule has 0 radical (unpaired) electrons. The lowest BCUT2D eigenvalue weighted by Gasteiger charge is -2.30. The minimum absolute atomic E-state index is 0.460. The van der Waals surface area contributed by atoms with Gasteiger partial charge in [-0.2, -0.15) is 0 Å². The van der Waals surface area contributed by atoms with Crippen LogP contribution in [0.3, 0.4) is 0 Å². The standard InChI is InChI=1S/C18H29N3O2/c1-2-19-17(21-15-18(22)11-7-4-8-12-18)20-13-14-23-16-9-5-3-6-10-16/h3,5-6,9-10,22H,2,4,7-8,11-15H2,1H3,(H2,19,20,21). The molecule has 128 valence electrons. The zero-order valence-electron chi connectivity index (χ0n) is 14.1. The van der Waals surface area contributed by atoms with Gasteiger partial charge in [0.15, 0.2) is 5.96 Å². The number of nitrogens with zero attached hydrogens (tertiary/aromatic N) is 1. The van der Waals surface area contributed by atoms with Crippen LogP contribution >= 0.6 is 0 Å². The number of benzene rings is 1. The van der Waals surface area contributed by atoms with Crippen molar-refractivity contribution in [2.24, 2.45) is 4.99 Å². The van der Waals surface area contributed by atoms with Gasteiger partial charge in [0.1, 0.15) is 12.4 Å². The number of rotatable bonds is 7. The van der Waals surface area contributed by atoms with Crippen molar-refractivity contribution in [2.75, 3.05) is 26.2 Å². The highest BCUT2D eigenvalue weighted by Gasteiger charge is 2.28. The third-order valence-electron chi connectivity index (χ3n) is 4.07. The van der Waals surface area contributed by atoms with Crippen molar-refractivity contribution in [3.63, 3.8) is 0 Å². The molecule has 1 aromatic rings. The summed E-state index contributed by atoms with van der Waals surface area (Å²) < 4.78 is 5.65. The van der Waals surface area contributed by atoms with E-state index in [0.717, 1.165) is 43.9 Å². The van der Waals surface area contributed by atoms with Crippen molar-refractivity contribution < 1.29 is 9.84 Å². The highest BCUT2D eigenvalue weighted by Crippen LogP contribution is 2.28. The van der Waals surface area contributed by atoms with Gasteiger partial charge in [0.25, 0.3) is 0 Å². The molecule has 1 aliphatic carbocycles. The van der Waals surface area contributed by atoms with Crippen molar-refractivity contribution in [3.05, 3.63) is 30.3 Å². The van der Waals surface area contributed by atoms with Gasteiger partial charge in [-0.05, 0) is 31.9 Å². The summed E-state index contributed by atoms with van der Waals surface area (Å²) in [7, 11) is 0. The number of ether oxygens (including phenoxy) is 1. The van der Waals surface area contributed by atoms with Crippen LogP contribution in [0.5, 0.6) is 5.75 Å². The molecule has 1 fully saturated rings. The molecule has 1 saturated carbocycles. The smallest absolute Gasteiger partial charge is 0.191 e. The lowest BCUT2D eigenvalue weighted by atomic mass is 9.85. The summed E-state index contributed by atoms with van der Waals surface area (Å²) >= 11 is 0. The van der Waals surface area contributed by atoms with Crippen LogP contribution < -0.4 is 15.4 Å². The van der Waals surface area contributed by atoms with E-state index < -0.39 is 5.60 Å². The molecule has 0 aromatic heterocycles. The van der Waals surface area contributed by atoms with Crippen molar-refractivity contribution in [1.29, 1.82) is 0 Å². The lowest BCUT2D eigenvalue weighted by Crippen LogP contribution is -2.42. The van der Waals surface area contributed by atoms with E-state index in [4.69, 9.17) is 4.74 Å². The second-order valence-electron chi connectivity index (χ2n) is 6.07. The van der Waals surface area contributed by atoms with Crippen LogP contribution in [0.4, 0.5) is 0 Å². The van der Waals surface area contributed by atoms with Gasteiger partial charge >= 0.3 is 0 Å². The first-order valence-corrected chi connectivity index (χ1v) is 8.64. The average Bonchev–Trinajstić information content (AvgIpc) is 2.58. The Morgan fingerprint density at radius 3 is 2.61 bits per heavy atom. The number of hydrogen-bond donors (Lipinski definition) is 3. The topological polar surface area (TPSA) is 65.9 Å². The van der Waals surface area contributed by atoms with Gasteiger partial charge in [0.2, 0.25) is 0 Å². The molecule has 1 aliphatic rings. The van der Waals surface area contributed by atoms with E-state index >= 15 is 0 Å². The van der Waals surface area contributed by atoms with Crippen LogP contribution in [0.15, 0.2) is 35.3 Å². The first-order chi connectivity index (χ1) is 11.2. The first-order valence-electron chi connectivity index (χ1n) is 8.64. The molecule has 0 aliphatic heterocycles. The van der Waals surface area contributed by atoms with Crippen molar-refractivity contribution in [1.82, 2.24) is 10.6 Å². The van der Waals surface area contributed by atoms with Gasteiger partial charge < -0.3 is 20.5 Å². The van der Waals surface area contributed by atoms with E-state index in [-0.39, 0.29) is 0 Å². The fraction of sp³-hybridized carbons (Fsp3) is 0.611. The second kappa shape index (κ2) is 9.40. The Hall–Kier alpha value is -1.75. The fourth-order valence-corrected chi connectivity index (χ4v) is 2.79. The summed E-state index contributed by atoms with van der Waals surface area (Å²) in [5, 5.41) is 17.0. The molecule has 0 spiro atoms. The summed E-state index contributed by atoms with van der Waals surface area (Å²) in [4.78, 5) is 4.54. The van der Waals surface area contributed by atoms with Gasteiger partial charge in [0, 0.05) is 6.54 Å². The Morgan fingerprint density at radius 1 is 1.17 bits per heavy atom. The maximum Gasteiger partial charge on any atom is 0.191 e. The Balaban J connectivity index is 1.75. The highest BCUT2D eigenvalue weighted by molar-refractivity contribution is 5.79. The number of guanidine groups is 1. The summed E-state index contributed by atoms with van der Waals surface area (Å²) in [6.45, 7) is 4.52. The molecule has 3 N–H and O–H groups in total. The zero-order valence-corrected chi connectivity index (χ0v) is 14.1. The summed E-state index contributed by atoms with van der Waals surface area (Å²) in [6.07, 6.45) is 5.13. The van der Waals surface area contributed by atoms with Gasteiger partial charge in [0.05, 0.1) is 18.7 Å². The average molecular weight is 319 g/mol. The van der Waals surface area contributed by atoms with E-state index in [9.17, 15) is 5.11 Å². The largest absolute Gasteiger partial charge is 0.492 e. The third kappa shape index (κ3) is 6.48. The molecule has 5 nitrogen and oxygen atoms in total. The fourth-order valence-electron chi connectivity index (χ4n) is 2.79. The van der Waals surface area contributed by atoms with Crippen LogP contribution in [0.1, 0.15) is 39.0 Å². The quantitative estimate of drug-likeness (QED) is 0.410. The van der Waals surface area contributed by atoms with Gasteiger partial charge in [-0.15, -0.1) is 0 Å². The number of hydrogen-bond acceptors (Lipinski definition) is 3. The van der Waals surface area contributed by atoms with Crippen LogP contribution in [0, 0.1) is 0 Å². The minimum Gasteiger partial charge on any atom is -0.492 e. The van der Waals surface area contributed by atoms with E-state index in [1.807, 2.05) is 37.3 Å². The number of nitrogens with one attached hydrogen (secondary N) is 2. The first kappa shape index (κ1) is 17.6. The Labute approximate surface area is 139 Å². The van der Waals surface area contributed by atoms with E-state index in [0.29, 0.717) is 19.7 Å². The van der Waals surface area contributed by atoms with Crippen molar-refractivity contribution in [2.45, 2.75) is 44.6 Å². The van der Waals surface area contributed by atoms with Crippen molar-refractivity contribution >= 4 is 5.96 Å². The molecule has 2 rings (SSSR count). The maximum absolute atomic E-state index is 10.5. The van der Waals surface area contributed by atoms with Crippen LogP contribution in [0.2, 0.25) is 0 Å². The number of para-hydroxylation sites is 1. The predicted octanol–water partition coefficient (Wildman–Crippen LogP) is 2.32. The molecule has 0 saturated heterocycles. The highest BCUT2D eigenvalue weighted by atomic mass is 16.5. The third-order valence-corrected chi connectivity index (χ3v) is 4.07. The summed E-state index contributed by atoms with van der Waals surface area (Å²) in [6, 6.07) is 9.77. The summed E-state index contributed by atoms with van der Waals surface area (Å²) in [5.74, 6) is 1.61. The van der Waals surface area contributed by atoms with E-state index in [2.05, 4.69) is 15.6 Å². The normalized spacial score (nSPS) is 17.6. The molecule has 0 amide bonds. The van der Waals surface area contributed by atoms with E-state index in [1.165, 1.54) is 6.42 Å². The van der Waals surface area contributed by atoms with Crippen molar-refractivity contribution in [3.8, 4) is 5.75 Å². The molecular weight excluding hydrogens is 290 g/mol. The van der Waals surface area contributed by atoms with Gasteiger partial charge in [-0.1, -0.05) is 37.5 Å². The van der Waals surface area contributed by atoms with E-state index in [1.54, 1.807) is 0 Å². The monoisotopic (exact) mass is 319 g/mol. The zero-order chi connectivity index (χ0) is 16.4. The number of aliphatic imine (C=N–C) groups is 1. The van der Waals surface area contributed by atoms with Crippen LogP contribution in [0.25, 0.3) is 0 Å². The molecular formula is C18H29N3O2. The Bertz CT molecular complexity index is 470. The molecule has 5 heteroatoms. The van der Waals surface area contributed by atoms with Crippen LogP contribution in [-0.2, 0) is 0 Å². The molecule has 0 unspecified atom stereocenters. The Kier molecular flexibility index (Phi) is 7.20. The molecule has 0 atom stereocenters. The van der Waals surface area contributed by atoms with Gasteiger partial charge in [-0.3, -0.25) is 4.99 Å². The predicted molar refractivity (Wildman–Crippen MR) is 94.0 cm³/mol. The van der Waals surface area contributed by atoms with Crippen LogP contribution in [-0.4, -0.2) is 42.9 Å². The molecule has 23 heavy (non-hydrogen) atoms. The SMILES string of the molecule is CCNC(=NCC1(O)CCCCC1)NCCOc1ccccc1. The lowest BCUT2D eigenvalue weighted by molar-refractivity contribution is 0.0131. The Morgan fingerprint density at radius 2 is 1.91 bits per heavy atom. The molecule has 0 heterocycles. The maximum atomic E-state index is 10.5. The molecule has 1 aromatic carbocycles. The molecule has 0 bridgehead atoms.